The van der Waals surface area contributed by atoms with Gasteiger partial charge in [0.2, 0.25) is 0 Å². The third kappa shape index (κ3) is 3.87. The van der Waals surface area contributed by atoms with Crippen LogP contribution in [0.2, 0.25) is 0 Å². The Balaban J connectivity index is 1.45. The average molecular weight is 345 g/mol. The number of aryl methyl sites for hydroxylation is 1. The first-order chi connectivity index (χ1) is 11.7. The van der Waals surface area contributed by atoms with Crippen LogP contribution in [0.5, 0.6) is 5.75 Å². The van der Waals surface area contributed by atoms with E-state index in [1.54, 1.807) is 11.3 Å². The quantitative estimate of drug-likeness (QED) is 0.845. The van der Waals surface area contributed by atoms with Crippen LogP contribution in [0.1, 0.15) is 35.2 Å². The maximum Gasteiger partial charge on any atom is 0.315 e. The van der Waals surface area contributed by atoms with Crippen molar-refractivity contribution in [2.45, 2.75) is 38.6 Å². The van der Waals surface area contributed by atoms with Gasteiger partial charge in [-0.2, -0.15) is 0 Å². The molecule has 3 rings (SSSR count). The molecule has 1 aromatic heterocycles. The van der Waals surface area contributed by atoms with Gasteiger partial charge < -0.3 is 15.4 Å². The normalized spacial score (nSPS) is 17.0. The number of urea groups is 1. The molecule has 24 heavy (non-hydrogen) atoms. The summed E-state index contributed by atoms with van der Waals surface area (Å²) in [6.07, 6.45) is 3.69. The van der Waals surface area contributed by atoms with Crippen LogP contribution in [0.15, 0.2) is 30.5 Å². The highest BCUT2D eigenvalue weighted by molar-refractivity contribution is 7.11. The number of carbonyl (C=O) groups is 1. The van der Waals surface area contributed by atoms with Gasteiger partial charge in [0, 0.05) is 41.6 Å². The zero-order chi connectivity index (χ0) is 16.9. The van der Waals surface area contributed by atoms with Crippen molar-refractivity contribution in [3.63, 3.8) is 0 Å². The van der Waals surface area contributed by atoms with E-state index in [1.807, 2.05) is 31.3 Å². The number of amides is 2. The molecule has 1 aliphatic rings. The fourth-order valence-corrected chi connectivity index (χ4v) is 3.73. The molecular weight excluding hydrogens is 322 g/mol. The minimum atomic E-state index is -0.140. The lowest BCUT2D eigenvalue weighted by Crippen LogP contribution is -2.44. The highest BCUT2D eigenvalue weighted by Crippen LogP contribution is 2.35. The summed E-state index contributed by atoms with van der Waals surface area (Å²) in [5.41, 5.74) is 1.17. The van der Waals surface area contributed by atoms with Crippen molar-refractivity contribution in [2.75, 3.05) is 13.2 Å². The summed E-state index contributed by atoms with van der Waals surface area (Å²) in [5.74, 6) is 1.12. The molecule has 0 saturated heterocycles. The molecule has 1 aromatic carbocycles. The van der Waals surface area contributed by atoms with Crippen molar-refractivity contribution in [1.29, 1.82) is 0 Å². The Morgan fingerprint density at radius 1 is 1.46 bits per heavy atom. The summed E-state index contributed by atoms with van der Waals surface area (Å²) in [6.45, 7) is 5.34. The second-order valence-electron chi connectivity index (χ2n) is 5.97. The number of nitrogens with zero attached hydrogens (tertiary/aromatic N) is 1. The molecule has 0 saturated carbocycles. The molecule has 6 heteroatoms. The minimum Gasteiger partial charge on any atom is -0.493 e. The van der Waals surface area contributed by atoms with E-state index in [0.717, 1.165) is 23.6 Å². The molecule has 5 nitrogen and oxygen atoms in total. The van der Waals surface area contributed by atoms with Crippen molar-refractivity contribution in [3.8, 4) is 5.75 Å². The topological polar surface area (TPSA) is 63.2 Å². The summed E-state index contributed by atoms with van der Waals surface area (Å²) in [4.78, 5) is 17.7. The lowest BCUT2D eigenvalue weighted by molar-refractivity contribution is 0.233. The number of rotatable bonds is 6. The number of thiazole rings is 1. The van der Waals surface area contributed by atoms with E-state index >= 15 is 0 Å². The van der Waals surface area contributed by atoms with Gasteiger partial charge >= 0.3 is 6.03 Å². The standard InChI is InChI=1S/C18H23N3O2S/c1-3-13-10-20-17(24-13)8-9-19-18(22)21-12(2)15-11-23-16-7-5-4-6-14(15)16/h4-7,10,12,15H,3,8-9,11H2,1-2H3,(H2,19,21,22)/t12-,15-/m1/s1. The zero-order valence-electron chi connectivity index (χ0n) is 14.0. The second-order valence-corrected chi connectivity index (χ2v) is 7.17. The Morgan fingerprint density at radius 2 is 2.29 bits per heavy atom. The Hall–Kier alpha value is -2.08. The Labute approximate surface area is 146 Å². The molecule has 2 aromatic rings. The SMILES string of the molecule is CCc1cnc(CCNC(=O)N[C@H](C)[C@H]2COc3ccccc32)s1. The fourth-order valence-electron chi connectivity index (χ4n) is 2.87. The molecular formula is C18H23N3O2S. The third-order valence-corrected chi connectivity index (χ3v) is 5.47. The van der Waals surface area contributed by atoms with Crippen LogP contribution in [-0.4, -0.2) is 30.2 Å². The van der Waals surface area contributed by atoms with Gasteiger partial charge in [-0.15, -0.1) is 11.3 Å². The lowest BCUT2D eigenvalue weighted by Gasteiger charge is -2.20. The lowest BCUT2D eigenvalue weighted by atomic mass is 9.94. The molecule has 0 bridgehead atoms. The van der Waals surface area contributed by atoms with Crippen LogP contribution < -0.4 is 15.4 Å². The van der Waals surface area contributed by atoms with Gasteiger partial charge in [0.1, 0.15) is 5.75 Å². The number of hydrogen-bond donors (Lipinski definition) is 2. The highest BCUT2D eigenvalue weighted by atomic mass is 32.1. The molecule has 0 spiro atoms. The van der Waals surface area contributed by atoms with Crippen LogP contribution in [0.25, 0.3) is 0 Å². The fraction of sp³-hybridized carbons (Fsp3) is 0.444. The third-order valence-electron chi connectivity index (χ3n) is 4.27. The Bertz CT molecular complexity index is 701. The molecule has 2 N–H and O–H groups in total. The highest BCUT2D eigenvalue weighted by Gasteiger charge is 2.29. The number of hydrogen-bond acceptors (Lipinski definition) is 4. The number of benzene rings is 1. The summed E-state index contributed by atoms with van der Waals surface area (Å²) >= 11 is 1.71. The van der Waals surface area contributed by atoms with E-state index in [2.05, 4.69) is 28.6 Å². The van der Waals surface area contributed by atoms with Gasteiger partial charge in [0.15, 0.2) is 0 Å². The summed E-state index contributed by atoms with van der Waals surface area (Å²) in [5, 5.41) is 7.00. The van der Waals surface area contributed by atoms with E-state index in [-0.39, 0.29) is 18.0 Å². The smallest absolute Gasteiger partial charge is 0.315 e. The van der Waals surface area contributed by atoms with Gasteiger partial charge in [0.05, 0.1) is 11.6 Å². The Kier molecular flexibility index (Phi) is 5.35. The molecule has 0 radical (unpaired) electrons. The van der Waals surface area contributed by atoms with Crippen molar-refractivity contribution >= 4 is 17.4 Å². The van der Waals surface area contributed by atoms with Crippen molar-refractivity contribution in [1.82, 2.24) is 15.6 Å². The largest absolute Gasteiger partial charge is 0.493 e. The molecule has 1 aliphatic heterocycles. The van der Waals surface area contributed by atoms with E-state index in [9.17, 15) is 4.79 Å². The molecule has 128 valence electrons. The van der Waals surface area contributed by atoms with Crippen LogP contribution >= 0.6 is 11.3 Å². The van der Waals surface area contributed by atoms with Crippen molar-refractivity contribution in [3.05, 3.63) is 45.9 Å². The van der Waals surface area contributed by atoms with E-state index in [1.165, 1.54) is 10.4 Å². The van der Waals surface area contributed by atoms with Crippen molar-refractivity contribution in [2.24, 2.45) is 0 Å². The second kappa shape index (κ2) is 7.66. The molecule has 2 atom stereocenters. The maximum atomic E-state index is 12.1. The van der Waals surface area contributed by atoms with Crippen LogP contribution in [0.4, 0.5) is 4.79 Å². The van der Waals surface area contributed by atoms with Gasteiger partial charge in [-0.1, -0.05) is 25.1 Å². The summed E-state index contributed by atoms with van der Waals surface area (Å²) < 4.78 is 5.69. The molecule has 2 amide bonds. The number of carbonyl (C=O) groups excluding carboxylic acids is 1. The van der Waals surface area contributed by atoms with Crippen LogP contribution in [0, 0.1) is 0 Å². The maximum absolute atomic E-state index is 12.1. The number of aromatic nitrogens is 1. The van der Waals surface area contributed by atoms with E-state index in [0.29, 0.717) is 13.2 Å². The molecule has 2 heterocycles. The Morgan fingerprint density at radius 3 is 3.08 bits per heavy atom. The van der Waals surface area contributed by atoms with Gasteiger partial charge in [-0.25, -0.2) is 9.78 Å². The summed E-state index contributed by atoms with van der Waals surface area (Å²) in [6, 6.07) is 7.89. The molecule has 0 fully saturated rings. The predicted octanol–water partition coefficient (Wildman–Crippen LogP) is 3.11. The first-order valence-electron chi connectivity index (χ1n) is 8.37. The van der Waals surface area contributed by atoms with Gasteiger partial charge in [-0.05, 0) is 19.4 Å². The number of para-hydroxylation sites is 1. The number of ether oxygens (including phenoxy) is 1. The van der Waals surface area contributed by atoms with Gasteiger partial charge in [0.25, 0.3) is 0 Å². The zero-order valence-corrected chi connectivity index (χ0v) is 14.9. The minimum absolute atomic E-state index is 0.0141. The number of fused-ring (bicyclic) bond motifs is 1. The first-order valence-corrected chi connectivity index (χ1v) is 9.18. The van der Waals surface area contributed by atoms with Gasteiger partial charge in [-0.3, -0.25) is 0 Å². The monoisotopic (exact) mass is 345 g/mol. The summed E-state index contributed by atoms with van der Waals surface area (Å²) in [7, 11) is 0. The first kappa shape index (κ1) is 16.8. The van der Waals surface area contributed by atoms with E-state index in [4.69, 9.17) is 4.74 Å². The number of nitrogens with one attached hydrogen (secondary N) is 2. The van der Waals surface area contributed by atoms with Crippen LogP contribution in [-0.2, 0) is 12.8 Å². The van der Waals surface area contributed by atoms with Crippen LogP contribution in [0.3, 0.4) is 0 Å². The molecule has 0 unspecified atom stereocenters. The predicted molar refractivity (Wildman–Crippen MR) is 95.9 cm³/mol. The van der Waals surface area contributed by atoms with Crippen molar-refractivity contribution < 1.29 is 9.53 Å². The van der Waals surface area contributed by atoms with E-state index < -0.39 is 0 Å². The average Bonchev–Trinajstić information content (AvgIpc) is 3.21. The molecule has 0 aliphatic carbocycles.